The van der Waals surface area contributed by atoms with Crippen molar-refractivity contribution in [1.82, 2.24) is 15.1 Å². The summed E-state index contributed by atoms with van der Waals surface area (Å²) in [5, 5.41) is 16.7. The van der Waals surface area contributed by atoms with Crippen molar-refractivity contribution < 1.29 is 23.8 Å². The molecule has 150 valence electrons. The molecule has 0 aliphatic carbocycles. The van der Waals surface area contributed by atoms with E-state index in [2.05, 4.69) is 10.4 Å². The smallest absolute Gasteiger partial charge is 0.311 e. The maximum Gasteiger partial charge on any atom is 0.311 e. The maximum absolute atomic E-state index is 13.2. The maximum atomic E-state index is 13.2. The molecule has 0 saturated carbocycles. The van der Waals surface area contributed by atoms with Gasteiger partial charge in [-0.3, -0.25) is 9.59 Å². The molecular formula is C20H24FN3O4. The quantitative estimate of drug-likeness (QED) is 0.792. The first kappa shape index (κ1) is 20.0. The minimum Gasteiger partial charge on any atom is -0.481 e. The number of ether oxygens (including phenoxy) is 1. The van der Waals surface area contributed by atoms with Crippen LogP contribution >= 0.6 is 0 Å². The highest BCUT2D eigenvalue weighted by Gasteiger charge is 2.40. The molecule has 1 saturated heterocycles. The Kier molecular flexibility index (Phi) is 5.79. The van der Waals surface area contributed by atoms with Gasteiger partial charge in [-0.15, -0.1) is 0 Å². The van der Waals surface area contributed by atoms with Crippen molar-refractivity contribution in [3.8, 4) is 5.69 Å². The highest BCUT2D eigenvalue weighted by Crippen LogP contribution is 2.30. The molecule has 1 aromatic heterocycles. The van der Waals surface area contributed by atoms with Gasteiger partial charge in [-0.05, 0) is 43.0 Å². The Labute approximate surface area is 162 Å². The van der Waals surface area contributed by atoms with E-state index in [0.29, 0.717) is 43.0 Å². The Balaban J connectivity index is 1.83. The number of carbonyl (C=O) groups is 2. The largest absolute Gasteiger partial charge is 0.481 e. The minimum absolute atomic E-state index is 0.0233. The van der Waals surface area contributed by atoms with Gasteiger partial charge in [0.15, 0.2) is 0 Å². The fourth-order valence-corrected chi connectivity index (χ4v) is 3.45. The SMILES string of the molecule is CC(C)c1c(C(=O)NCC2(C(=O)O)CCOCC2)cnn1-c1ccc(F)cc1. The van der Waals surface area contributed by atoms with Crippen molar-refractivity contribution in [3.63, 3.8) is 0 Å². The topological polar surface area (TPSA) is 93.5 Å². The lowest BCUT2D eigenvalue weighted by molar-refractivity contribution is -0.154. The third kappa shape index (κ3) is 3.91. The summed E-state index contributed by atoms with van der Waals surface area (Å²) in [5.74, 6) is -1.67. The summed E-state index contributed by atoms with van der Waals surface area (Å²) < 4.78 is 20.1. The van der Waals surface area contributed by atoms with E-state index in [0.717, 1.165) is 0 Å². The molecule has 1 aromatic carbocycles. The zero-order valence-corrected chi connectivity index (χ0v) is 15.9. The van der Waals surface area contributed by atoms with Crippen molar-refractivity contribution in [2.45, 2.75) is 32.6 Å². The van der Waals surface area contributed by atoms with Crippen molar-refractivity contribution in [3.05, 3.63) is 47.5 Å². The Morgan fingerprint density at radius 3 is 2.50 bits per heavy atom. The monoisotopic (exact) mass is 389 g/mol. The number of hydrogen-bond acceptors (Lipinski definition) is 4. The van der Waals surface area contributed by atoms with E-state index in [1.165, 1.54) is 18.3 Å². The van der Waals surface area contributed by atoms with Gasteiger partial charge in [0.2, 0.25) is 0 Å². The number of nitrogens with zero attached hydrogens (tertiary/aromatic N) is 2. The van der Waals surface area contributed by atoms with Crippen LogP contribution < -0.4 is 5.32 Å². The van der Waals surface area contributed by atoms with Gasteiger partial charge in [0.05, 0.1) is 28.6 Å². The van der Waals surface area contributed by atoms with Gasteiger partial charge < -0.3 is 15.2 Å². The lowest BCUT2D eigenvalue weighted by atomic mass is 9.80. The molecule has 2 heterocycles. The Morgan fingerprint density at radius 1 is 1.29 bits per heavy atom. The number of amides is 1. The number of halogens is 1. The number of rotatable bonds is 6. The molecule has 0 atom stereocenters. The Hall–Kier alpha value is -2.74. The van der Waals surface area contributed by atoms with Crippen LogP contribution in [0.15, 0.2) is 30.5 Å². The molecule has 2 N–H and O–H groups in total. The second kappa shape index (κ2) is 8.10. The first-order valence-electron chi connectivity index (χ1n) is 9.27. The summed E-state index contributed by atoms with van der Waals surface area (Å²) in [4.78, 5) is 24.6. The molecule has 3 rings (SSSR count). The fourth-order valence-electron chi connectivity index (χ4n) is 3.45. The van der Waals surface area contributed by atoms with E-state index >= 15 is 0 Å². The van der Waals surface area contributed by atoms with Gasteiger partial charge in [0.1, 0.15) is 5.82 Å². The summed E-state index contributed by atoms with van der Waals surface area (Å²) in [6, 6.07) is 5.86. The van der Waals surface area contributed by atoms with Crippen LogP contribution in [0.4, 0.5) is 4.39 Å². The number of hydrogen-bond donors (Lipinski definition) is 2. The normalized spacial score (nSPS) is 16.1. The van der Waals surface area contributed by atoms with E-state index in [1.54, 1.807) is 16.8 Å². The molecule has 2 aromatic rings. The van der Waals surface area contributed by atoms with Crippen molar-refractivity contribution in [2.24, 2.45) is 5.41 Å². The summed E-state index contributed by atoms with van der Waals surface area (Å²) in [5.41, 5.74) is 0.696. The molecule has 0 bridgehead atoms. The summed E-state index contributed by atoms with van der Waals surface area (Å²) >= 11 is 0. The van der Waals surface area contributed by atoms with Crippen molar-refractivity contribution >= 4 is 11.9 Å². The number of aromatic nitrogens is 2. The number of benzene rings is 1. The molecule has 28 heavy (non-hydrogen) atoms. The molecule has 1 aliphatic rings. The van der Waals surface area contributed by atoms with E-state index in [9.17, 15) is 19.1 Å². The molecule has 8 heteroatoms. The van der Waals surface area contributed by atoms with Gasteiger partial charge >= 0.3 is 5.97 Å². The van der Waals surface area contributed by atoms with Crippen LogP contribution in [-0.2, 0) is 9.53 Å². The molecule has 1 aliphatic heterocycles. The second-order valence-electron chi connectivity index (χ2n) is 7.37. The van der Waals surface area contributed by atoms with Crippen LogP contribution in [0.3, 0.4) is 0 Å². The molecular weight excluding hydrogens is 365 g/mol. The molecule has 1 fully saturated rings. The van der Waals surface area contributed by atoms with Crippen LogP contribution in [0.2, 0.25) is 0 Å². The Bertz CT molecular complexity index is 855. The Morgan fingerprint density at radius 2 is 1.93 bits per heavy atom. The van der Waals surface area contributed by atoms with Crippen LogP contribution in [0.1, 0.15) is 48.7 Å². The fraction of sp³-hybridized carbons (Fsp3) is 0.450. The van der Waals surface area contributed by atoms with Gasteiger partial charge in [0, 0.05) is 19.8 Å². The van der Waals surface area contributed by atoms with Gasteiger partial charge in [-0.1, -0.05) is 13.8 Å². The number of carboxylic acids is 1. The molecule has 7 nitrogen and oxygen atoms in total. The summed E-state index contributed by atoms with van der Waals surface area (Å²) in [6.45, 7) is 4.63. The number of carboxylic acid groups (broad SMARTS) is 1. The van der Waals surface area contributed by atoms with E-state index in [1.807, 2.05) is 13.8 Å². The predicted octanol–water partition coefficient (Wildman–Crippen LogP) is 2.75. The van der Waals surface area contributed by atoms with Gasteiger partial charge in [0.25, 0.3) is 5.91 Å². The summed E-state index contributed by atoms with van der Waals surface area (Å²) in [6.07, 6.45) is 2.18. The van der Waals surface area contributed by atoms with Gasteiger partial charge in [-0.25, -0.2) is 9.07 Å². The molecule has 0 radical (unpaired) electrons. The minimum atomic E-state index is -1.02. The number of nitrogens with one attached hydrogen (secondary N) is 1. The van der Waals surface area contributed by atoms with Crippen molar-refractivity contribution in [1.29, 1.82) is 0 Å². The lowest BCUT2D eigenvalue weighted by Crippen LogP contribution is -2.46. The van der Waals surface area contributed by atoms with E-state index in [4.69, 9.17) is 4.74 Å². The lowest BCUT2D eigenvalue weighted by Gasteiger charge is -2.33. The number of carbonyl (C=O) groups excluding carboxylic acids is 1. The molecule has 1 amide bonds. The van der Waals surface area contributed by atoms with Crippen molar-refractivity contribution in [2.75, 3.05) is 19.8 Å². The number of aliphatic carboxylic acids is 1. The molecule has 0 unspecified atom stereocenters. The van der Waals surface area contributed by atoms with Crippen LogP contribution in [0.25, 0.3) is 5.69 Å². The first-order chi connectivity index (χ1) is 13.3. The van der Waals surface area contributed by atoms with Crippen LogP contribution in [0, 0.1) is 11.2 Å². The van der Waals surface area contributed by atoms with Crippen LogP contribution in [0.5, 0.6) is 0 Å². The molecule has 0 spiro atoms. The summed E-state index contributed by atoms with van der Waals surface area (Å²) in [7, 11) is 0. The highest BCUT2D eigenvalue weighted by molar-refractivity contribution is 5.95. The van der Waals surface area contributed by atoms with Gasteiger partial charge in [-0.2, -0.15) is 5.10 Å². The zero-order valence-electron chi connectivity index (χ0n) is 15.9. The highest BCUT2D eigenvalue weighted by atomic mass is 19.1. The second-order valence-corrected chi connectivity index (χ2v) is 7.37. The van der Waals surface area contributed by atoms with E-state index < -0.39 is 11.4 Å². The van der Waals surface area contributed by atoms with E-state index in [-0.39, 0.29) is 24.2 Å². The standard InChI is InChI=1S/C20H24FN3O4/c1-13(2)17-16(11-23-24(17)15-5-3-14(21)4-6-15)18(25)22-12-20(19(26)27)7-9-28-10-8-20/h3-6,11,13H,7-10,12H2,1-2H3,(H,22,25)(H,26,27). The predicted molar refractivity (Wildman–Crippen MR) is 100 cm³/mol. The average Bonchev–Trinajstić information content (AvgIpc) is 3.13. The first-order valence-corrected chi connectivity index (χ1v) is 9.27. The third-order valence-corrected chi connectivity index (χ3v) is 5.16. The average molecular weight is 389 g/mol. The third-order valence-electron chi connectivity index (χ3n) is 5.16. The zero-order chi connectivity index (χ0) is 20.3. The van der Waals surface area contributed by atoms with Crippen LogP contribution in [-0.4, -0.2) is 46.5 Å².